The summed E-state index contributed by atoms with van der Waals surface area (Å²) in [4.78, 5) is 12.4. The van der Waals surface area contributed by atoms with Crippen LogP contribution in [0.3, 0.4) is 0 Å². The Labute approximate surface area is 140 Å². The third-order valence-electron chi connectivity index (χ3n) is 3.58. The molecule has 21 heavy (non-hydrogen) atoms. The van der Waals surface area contributed by atoms with E-state index >= 15 is 0 Å². The zero-order chi connectivity index (χ0) is 14.8. The lowest BCUT2D eigenvalue weighted by atomic mass is 9.93. The lowest BCUT2D eigenvalue weighted by molar-refractivity contribution is -0.119. The largest absolute Gasteiger partial charge is 0.384 e. The number of carbonyl (C=O) groups excluding carboxylic acids is 1. The Balaban J connectivity index is 1.72. The van der Waals surface area contributed by atoms with Crippen LogP contribution in [0.25, 0.3) is 0 Å². The number of amides is 1. The summed E-state index contributed by atoms with van der Waals surface area (Å²) >= 11 is 6.87. The van der Waals surface area contributed by atoms with E-state index in [1.54, 1.807) is 0 Å². The third kappa shape index (κ3) is 3.30. The molecule has 0 aromatic heterocycles. The molecule has 2 aromatic rings. The monoisotopic (exact) mass is 408 g/mol. The van der Waals surface area contributed by atoms with Crippen LogP contribution in [0.1, 0.15) is 5.56 Å². The van der Waals surface area contributed by atoms with Gasteiger partial charge in [0.05, 0.1) is 11.6 Å². The summed E-state index contributed by atoms with van der Waals surface area (Å²) in [5, 5.41) is 6.31. The van der Waals surface area contributed by atoms with Gasteiger partial charge in [0.25, 0.3) is 0 Å². The van der Waals surface area contributed by atoms with E-state index in [9.17, 15) is 4.79 Å². The van der Waals surface area contributed by atoms with Crippen molar-refractivity contribution in [3.05, 3.63) is 57.0 Å². The molecule has 0 saturated carbocycles. The lowest BCUT2D eigenvalue weighted by Gasteiger charge is -2.25. The number of fused-ring (bicyclic) bond motifs is 1. The van der Waals surface area contributed by atoms with Gasteiger partial charge in [0.2, 0.25) is 5.91 Å². The van der Waals surface area contributed by atoms with Gasteiger partial charge in [-0.25, -0.2) is 0 Å². The van der Waals surface area contributed by atoms with Crippen LogP contribution >= 0.6 is 31.9 Å². The average Bonchev–Trinajstić information content (AvgIpc) is 2.49. The van der Waals surface area contributed by atoms with Gasteiger partial charge in [0.15, 0.2) is 0 Å². The number of benzene rings is 2. The topological polar surface area (TPSA) is 41.1 Å². The van der Waals surface area contributed by atoms with Crippen molar-refractivity contribution >= 4 is 49.1 Å². The highest BCUT2D eigenvalue weighted by Crippen LogP contribution is 2.28. The first-order chi connectivity index (χ1) is 10.1. The number of nitrogens with one attached hydrogen (secondary N) is 2. The van der Waals surface area contributed by atoms with Crippen molar-refractivity contribution < 1.29 is 4.79 Å². The van der Waals surface area contributed by atoms with Crippen LogP contribution in [0.2, 0.25) is 0 Å². The predicted octanol–water partition coefficient (Wildman–Crippen LogP) is 4.43. The molecule has 0 fully saturated rings. The minimum atomic E-state index is -0.0598. The van der Waals surface area contributed by atoms with Gasteiger partial charge in [-0.1, -0.05) is 34.1 Å². The van der Waals surface area contributed by atoms with E-state index in [2.05, 4.69) is 54.6 Å². The second kappa shape index (κ2) is 6.20. The summed E-state index contributed by atoms with van der Waals surface area (Å²) in [6.07, 6.45) is 0.767. The van der Waals surface area contributed by atoms with Gasteiger partial charge in [-0.05, 0) is 52.2 Å². The van der Waals surface area contributed by atoms with Crippen molar-refractivity contribution in [1.82, 2.24) is 0 Å². The van der Waals surface area contributed by atoms with Crippen LogP contribution in [-0.4, -0.2) is 12.5 Å². The summed E-state index contributed by atoms with van der Waals surface area (Å²) in [6.45, 7) is 0.664. The molecule has 0 radical (unpaired) electrons. The molecule has 0 spiro atoms. The molecule has 1 amide bonds. The molecule has 3 nitrogen and oxygen atoms in total. The standard InChI is InChI=1S/C16H14Br2N2O/c17-12-5-6-15(13(18)8-12)20-16(21)11-7-10-3-1-2-4-14(10)19-9-11/h1-6,8,11,19H,7,9H2,(H,20,21). The number of hydrogen-bond donors (Lipinski definition) is 2. The van der Waals surface area contributed by atoms with Crippen LogP contribution in [0, 0.1) is 5.92 Å². The highest BCUT2D eigenvalue weighted by molar-refractivity contribution is 9.11. The zero-order valence-electron chi connectivity index (χ0n) is 11.2. The first-order valence-corrected chi connectivity index (χ1v) is 8.30. The maximum Gasteiger partial charge on any atom is 0.229 e. The van der Waals surface area contributed by atoms with E-state index < -0.39 is 0 Å². The minimum absolute atomic E-state index is 0.0417. The van der Waals surface area contributed by atoms with E-state index in [0.29, 0.717) is 6.54 Å². The highest BCUT2D eigenvalue weighted by atomic mass is 79.9. The first-order valence-electron chi connectivity index (χ1n) is 6.71. The molecule has 0 saturated heterocycles. The Kier molecular flexibility index (Phi) is 4.31. The molecule has 1 heterocycles. The fraction of sp³-hybridized carbons (Fsp3) is 0.188. The number of rotatable bonds is 2. The van der Waals surface area contributed by atoms with Crippen molar-refractivity contribution in [2.75, 3.05) is 17.2 Å². The number of carbonyl (C=O) groups is 1. The molecule has 0 aliphatic carbocycles. The van der Waals surface area contributed by atoms with Gasteiger partial charge in [-0.15, -0.1) is 0 Å². The van der Waals surface area contributed by atoms with E-state index in [-0.39, 0.29) is 11.8 Å². The second-order valence-corrected chi connectivity index (χ2v) is 6.82. The summed E-state index contributed by atoms with van der Waals surface area (Å²) in [6, 6.07) is 13.8. The molecule has 1 aliphatic heterocycles. The van der Waals surface area contributed by atoms with Gasteiger partial charge in [0.1, 0.15) is 0 Å². The number of halogens is 2. The number of hydrogen-bond acceptors (Lipinski definition) is 2. The Morgan fingerprint density at radius 1 is 1.19 bits per heavy atom. The maximum absolute atomic E-state index is 12.4. The minimum Gasteiger partial charge on any atom is -0.384 e. The van der Waals surface area contributed by atoms with Crippen molar-refractivity contribution in [3.8, 4) is 0 Å². The molecular formula is C16H14Br2N2O. The predicted molar refractivity (Wildman–Crippen MR) is 92.6 cm³/mol. The second-order valence-electron chi connectivity index (χ2n) is 5.05. The van der Waals surface area contributed by atoms with Crippen LogP contribution in [-0.2, 0) is 11.2 Å². The van der Waals surface area contributed by atoms with Crippen molar-refractivity contribution in [3.63, 3.8) is 0 Å². The number of anilines is 2. The molecule has 108 valence electrons. The molecule has 3 rings (SSSR count). The molecule has 1 aliphatic rings. The average molecular weight is 410 g/mol. The fourth-order valence-electron chi connectivity index (χ4n) is 2.45. The molecule has 2 aromatic carbocycles. The quantitative estimate of drug-likeness (QED) is 0.769. The van der Waals surface area contributed by atoms with Gasteiger partial charge in [-0.2, -0.15) is 0 Å². The van der Waals surface area contributed by atoms with E-state index in [1.165, 1.54) is 5.56 Å². The van der Waals surface area contributed by atoms with Crippen LogP contribution < -0.4 is 10.6 Å². The Bertz CT molecular complexity index is 688. The van der Waals surface area contributed by atoms with E-state index in [0.717, 1.165) is 26.7 Å². The summed E-state index contributed by atoms with van der Waals surface area (Å²) in [5.41, 5.74) is 3.12. The molecule has 0 bridgehead atoms. The molecule has 5 heteroatoms. The maximum atomic E-state index is 12.4. The molecule has 2 N–H and O–H groups in total. The van der Waals surface area contributed by atoms with Crippen LogP contribution in [0.15, 0.2) is 51.4 Å². The van der Waals surface area contributed by atoms with Crippen LogP contribution in [0.4, 0.5) is 11.4 Å². The Morgan fingerprint density at radius 2 is 2.00 bits per heavy atom. The van der Waals surface area contributed by atoms with Gasteiger partial charge in [0, 0.05) is 21.2 Å². The summed E-state index contributed by atoms with van der Waals surface area (Å²) < 4.78 is 1.84. The fourth-order valence-corrected chi connectivity index (χ4v) is 3.60. The summed E-state index contributed by atoms with van der Waals surface area (Å²) in [7, 11) is 0. The van der Waals surface area contributed by atoms with Gasteiger partial charge < -0.3 is 10.6 Å². The Morgan fingerprint density at radius 3 is 2.81 bits per heavy atom. The van der Waals surface area contributed by atoms with E-state index in [4.69, 9.17) is 0 Å². The van der Waals surface area contributed by atoms with Crippen molar-refractivity contribution in [2.24, 2.45) is 5.92 Å². The normalized spacial score (nSPS) is 16.8. The summed E-state index contributed by atoms with van der Waals surface area (Å²) in [5.74, 6) is -0.0181. The van der Waals surface area contributed by atoms with Gasteiger partial charge in [-0.3, -0.25) is 4.79 Å². The van der Waals surface area contributed by atoms with E-state index in [1.807, 2.05) is 30.3 Å². The Hall–Kier alpha value is -1.33. The zero-order valence-corrected chi connectivity index (χ0v) is 14.4. The number of para-hydroxylation sites is 1. The van der Waals surface area contributed by atoms with Gasteiger partial charge >= 0.3 is 0 Å². The SMILES string of the molecule is O=C(Nc1ccc(Br)cc1Br)C1CNc2ccccc2C1. The third-order valence-corrected chi connectivity index (χ3v) is 4.73. The molecule has 1 atom stereocenters. The molecular weight excluding hydrogens is 396 g/mol. The van der Waals surface area contributed by atoms with Crippen molar-refractivity contribution in [1.29, 1.82) is 0 Å². The lowest BCUT2D eigenvalue weighted by Crippen LogP contribution is -2.33. The first kappa shape index (κ1) is 14.6. The smallest absolute Gasteiger partial charge is 0.229 e. The highest BCUT2D eigenvalue weighted by Gasteiger charge is 2.24. The van der Waals surface area contributed by atoms with Crippen molar-refractivity contribution in [2.45, 2.75) is 6.42 Å². The molecule has 1 unspecified atom stereocenters. The van der Waals surface area contributed by atoms with Crippen LogP contribution in [0.5, 0.6) is 0 Å².